The molecule has 1 unspecified atom stereocenters. The molecule has 0 bridgehead atoms. The summed E-state index contributed by atoms with van der Waals surface area (Å²) in [5.74, 6) is 0.866. The second kappa shape index (κ2) is 5.31. The molecule has 3 rings (SSSR count). The summed E-state index contributed by atoms with van der Waals surface area (Å²) < 4.78 is 5.65. The number of ether oxygens (including phenoxy) is 1. The minimum atomic E-state index is -0.339. The summed E-state index contributed by atoms with van der Waals surface area (Å²) in [6.07, 6.45) is 2.50. The topological polar surface area (TPSA) is 42.4 Å². The van der Waals surface area contributed by atoms with Crippen LogP contribution in [0, 0.1) is 0 Å². The number of aliphatic hydroxyl groups excluding tert-OH is 1. The van der Waals surface area contributed by atoms with Gasteiger partial charge in [-0.25, -0.2) is 4.98 Å². The molecular weight excluding hydrogens is 258 g/mol. The van der Waals surface area contributed by atoms with E-state index in [4.69, 9.17) is 9.72 Å². The molecule has 100 valence electrons. The lowest BCUT2D eigenvalue weighted by atomic mass is 10.0. The van der Waals surface area contributed by atoms with Crippen molar-refractivity contribution in [2.45, 2.75) is 32.3 Å². The Kier molecular flexibility index (Phi) is 3.53. The zero-order valence-electron chi connectivity index (χ0n) is 10.9. The molecule has 19 heavy (non-hydrogen) atoms. The van der Waals surface area contributed by atoms with Crippen molar-refractivity contribution in [1.29, 1.82) is 0 Å². The van der Waals surface area contributed by atoms with E-state index in [0.29, 0.717) is 6.61 Å². The Bertz CT molecular complexity index is 579. The smallest absolute Gasteiger partial charge is 0.129 e. The van der Waals surface area contributed by atoms with Gasteiger partial charge in [0.05, 0.1) is 28.8 Å². The Balaban J connectivity index is 2.03. The van der Waals surface area contributed by atoms with Crippen molar-refractivity contribution in [1.82, 2.24) is 4.98 Å². The quantitative estimate of drug-likeness (QED) is 0.931. The number of aromatic nitrogens is 1. The Labute approximate surface area is 116 Å². The molecule has 1 aromatic carbocycles. The molecule has 1 N–H and O–H groups in total. The molecule has 0 saturated carbocycles. The van der Waals surface area contributed by atoms with Crippen LogP contribution in [0.2, 0.25) is 0 Å². The lowest BCUT2D eigenvalue weighted by Crippen LogP contribution is -2.06. The van der Waals surface area contributed by atoms with E-state index in [1.165, 1.54) is 0 Å². The van der Waals surface area contributed by atoms with Crippen LogP contribution in [0.25, 0.3) is 10.6 Å². The van der Waals surface area contributed by atoms with E-state index in [9.17, 15) is 5.11 Å². The van der Waals surface area contributed by atoms with Crippen LogP contribution in [0.4, 0.5) is 0 Å². The molecule has 0 fully saturated rings. The van der Waals surface area contributed by atoms with Crippen LogP contribution in [0.5, 0.6) is 5.75 Å². The van der Waals surface area contributed by atoms with Crippen molar-refractivity contribution in [2.24, 2.45) is 0 Å². The average molecular weight is 275 g/mol. The van der Waals surface area contributed by atoms with Gasteiger partial charge in [-0.15, -0.1) is 11.3 Å². The fraction of sp³-hybridized carbons (Fsp3) is 0.400. The maximum absolute atomic E-state index is 10.0. The van der Waals surface area contributed by atoms with Gasteiger partial charge in [0.25, 0.3) is 0 Å². The molecule has 0 spiro atoms. The summed E-state index contributed by atoms with van der Waals surface area (Å²) in [6, 6.07) is 7.96. The molecule has 0 amide bonds. The van der Waals surface area contributed by atoms with E-state index in [1.807, 2.05) is 31.2 Å². The van der Waals surface area contributed by atoms with Crippen LogP contribution in [0.15, 0.2) is 24.3 Å². The van der Waals surface area contributed by atoms with Gasteiger partial charge in [0.2, 0.25) is 0 Å². The van der Waals surface area contributed by atoms with Gasteiger partial charge in [-0.3, -0.25) is 0 Å². The van der Waals surface area contributed by atoms with Gasteiger partial charge in [0.1, 0.15) is 10.8 Å². The summed E-state index contributed by atoms with van der Waals surface area (Å²) in [5, 5.41) is 11.0. The van der Waals surface area contributed by atoms with Gasteiger partial charge in [-0.1, -0.05) is 12.1 Å². The normalized spacial score (nSPS) is 18.1. The van der Waals surface area contributed by atoms with Crippen LogP contribution in [0.1, 0.15) is 36.4 Å². The molecule has 1 aliphatic carbocycles. The third-order valence-electron chi connectivity index (χ3n) is 3.34. The van der Waals surface area contributed by atoms with Crippen LogP contribution < -0.4 is 4.74 Å². The van der Waals surface area contributed by atoms with Crippen molar-refractivity contribution in [3.05, 3.63) is 34.8 Å². The van der Waals surface area contributed by atoms with E-state index in [2.05, 4.69) is 0 Å². The maximum atomic E-state index is 10.0. The number of fused-ring (bicyclic) bond motifs is 1. The molecule has 2 aromatic rings. The highest BCUT2D eigenvalue weighted by molar-refractivity contribution is 7.15. The van der Waals surface area contributed by atoms with Crippen LogP contribution in [0.3, 0.4) is 0 Å². The largest absolute Gasteiger partial charge is 0.493 e. The predicted molar refractivity (Wildman–Crippen MR) is 76.6 cm³/mol. The minimum absolute atomic E-state index is 0.339. The molecule has 0 saturated heterocycles. The average Bonchev–Trinajstić information content (AvgIpc) is 2.85. The first-order valence-corrected chi connectivity index (χ1v) is 7.51. The van der Waals surface area contributed by atoms with Crippen LogP contribution in [-0.2, 0) is 6.42 Å². The number of aliphatic hydroxyl groups is 1. The highest BCUT2D eigenvalue weighted by Gasteiger charge is 2.23. The fourth-order valence-electron chi connectivity index (χ4n) is 2.44. The molecule has 3 nitrogen and oxygen atoms in total. The van der Waals surface area contributed by atoms with E-state index in [1.54, 1.807) is 11.3 Å². The zero-order valence-corrected chi connectivity index (χ0v) is 11.7. The predicted octanol–water partition coefficient (Wildman–Crippen LogP) is 3.58. The van der Waals surface area contributed by atoms with Gasteiger partial charge in [-0.2, -0.15) is 0 Å². The molecule has 1 aromatic heterocycles. The van der Waals surface area contributed by atoms with Gasteiger partial charge < -0.3 is 9.84 Å². The van der Waals surface area contributed by atoms with Gasteiger partial charge in [0, 0.05) is 0 Å². The number of thiazole rings is 1. The summed E-state index contributed by atoms with van der Waals surface area (Å²) >= 11 is 1.60. The SMILES string of the molecule is CCOc1ccccc1-c1nc2c(s1)C(O)CCC2. The second-order valence-electron chi connectivity index (χ2n) is 4.67. The van der Waals surface area contributed by atoms with Gasteiger partial charge in [0.15, 0.2) is 0 Å². The first-order valence-electron chi connectivity index (χ1n) is 6.69. The van der Waals surface area contributed by atoms with Crippen molar-refractivity contribution in [3.8, 4) is 16.3 Å². The number of benzene rings is 1. The molecule has 1 atom stereocenters. The Hall–Kier alpha value is -1.39. The number of para-hydroxylation sites is 1. The third kappa shape index (κ3) is 2.38. The standard InChI is InChI=1S/C15H17NO2S/c1-2-18-13-9-4-3-6-10(13)15-16-11-7-5-8-12(17)14(11)19-15/h3-4,6,9,12,17H,2,5,7-8H2,1H3. The van der Waals surface area contributed by atoms with E-state index >= 15 is 0 Å². The van der Waals surface area contributed by atoms with Crippen LogP contribution in [-0.4, -0.2) is 16.7 Å². The van der Waals surface area contributed by atoms with Crippen molar-refractivity contribution < 1.29 is 9.84 Å². The van der Waals surface area contributed by atoms with Gasteiger partial charge in [-0.05, 0) is 38.3 Å². The molecule has 1 aliphatic rings. The lowest BCUT2D eigenvalue weighted by molar-refractivity contribution is 0.160. The molecule has 4 heteroatoms. The van der Waals surface area contributed by atoms with Crippen molar-refractivity contribution >= 4 is 11.3 Å². The third-order valence-corrected chi connectivity index (χ3v) is 4.57. The fourth-order valence-corrected chi connectivity index (χ4v) is 3.60. The summed E-state index contributed by atoms with van der Waals surface area (Å²) in [7, 11) is 0. The molecule has 0 radical (unpaired) electrons. The number of hydrogen-bond acceptors (Lipinski definition) is 4. The molecule has 0 aliphatic heterocycles. The molecular formula is C15H17NO2S. The Morgan fingerprint density at radius 2 is 2.26 bits per heavy atom. The second-order valence-corrected chi connectivity index (χ2v) is 5.70. The maximum Gasteiger partial charge on any atom is 0.129 e. The summed E-state index contributed by atoms with van der Waals surface area (Å²) in [4.78, 5) is 5.73. The number of rotatable bonds is 3. The van der Waals surface area contributed by atoms with Gasteiger partial charge >= 0.3 is 0 Å². The summed E-state index contributed by atoms with van der Waals surface area (Å²) in [6.45, 7) is 2.62. The summed E-state index contributed by atoms with van der Waals surface area (Å²) in [5.41, 5.74) is 2.08. The molecule has 1 heterocycles. The van der Waals surface area contributed by atoms with Crippen molar-refractivity contribution in [3.63, 3.8) is 0 Å². The van der Waals surface area contributed by atoms with E-state index in [0.717, 1.165) is 46.2 Å². The zero-order chi connectivity index (χ0) is 13.2. The minimum Gasteiger partial charge on any atom is -0.493 e. The lowest BCUT2D eigenvalue weighted by Gasteiger charge is -2.14. The van der Waals surface area contributed by atoms with Crippen molar-refractivity contribution in [2.75, 3.05) is 6.61 Å². The first-order chi connectivity index (χ1) is 9.29. The highest BCUT2D eigenvalue weighted by Crippen LogP contribution is 2.40. The number of nitrogens with zero attached hydrogens (tertiary/aromatic N) is 1. The number of hydrogen-bond donors (Lipinski definition) is 1. The highest BCUT2D eigenvalue weighted by atomic mass is 32.1. The monoisotopic (exact) mass is 275 g/mol. The number of aryl methyl sites for hydroxylation is 1. The Morgan fingerprint density at radius 1 is 1.42 bits per heavy atom. The van der Waals surface area contributed by atoms with E-state index < -0.39 is 0 Å². The Morgan fingerprint density at radius 3 is 3.05 bits per heavy atom. The van der Waals surface area contributed by atoms with E-state index in [-0.39, 0.29) is 6.10 Å². The first kappa shape index (κ1) is 12.6. The van der Waals surface area contributed by atoms with Crippen LogP contribution >= 0.6 is 11.3 Å².